The molecule has 0 fully saturated rings. The predicted molar refractivity (Wildman–Crippen MR) is 84.2 cm³/mol. The van der Waals surface area contributed by atoms with Gasteiger partial charge in [0.2, 0.25) is 5.91 Å². The van der Waals surface area contributed by atoms with Gasteiger partial charge in [-0.25, -0.2) is 0 Å². The molecule has 0 saturated heterocycles. The summed E-state index contributed by atoms with van der Waals surface area (Å²) in [6, 6.07) is 6.91. The summed E-state index contributed by atoms with van der Waals surface area (Å²) in [5.41, 5.74) is 0.770. The minimum absolute atomic E-state index is 0.00348. The van der Waals surface area contributed by atoms with E-state index in [1.165, 1.54) is 0 Å². The predicted octanol–water partition coefficient (Wildman–Crippen LogP) is 3.06. The Kier molecular flexibility index (Phi) is 7.23. The van der Waals surface area contributed by atoms with Crippen LogP contribution in [0.2, 0.25) is 0 Å². The zero-order valence-electron chi connectivity index (χ0n) is 13.4. The minimum atomic E-state index is -0.721. The first-order chi connectivity index (χ1) is 10.0. The second-order valence-electron chi connectivity index (χ2n) is 5.46. The minimum Gasteiger partial charge on any atom is -0.497 e. The highest BCUT2D eigenvalue weighted by Gasteiger charge is 2.19. The van der Waals surface area contributed by atoms with E-state index >= 15 is 0 Å². The molecule has 0 spiro atoms. The third-order valence-electron chi connectivity index (χ3n) is 3.95. The molecule has 4 heteroatoms. The summed E-state index contributed by atoms with van der Waals surface area (Å²) in [6.07, 6.45) is 1.80. The Bertz CT molecular complexity index is 426. The molecule has 0 aliphatic rings. The van der Waals surface area contributed by atoms with Crippen molar-refractivity contribution in [3.63, 3.8) is 0 Å². The lowest BCUT2D eigenvalue weighted by Gasteiger charge is -2.22. The molecule has 0 saturated carbocycles. The van der Waals surface area contributed by atoms with Gasteiger partial charge >= 0.3 is 0 Å². The fourth-order valence-electron chi connectivity index (χ4n) is 2.32. The number of ether oxygens (including phenoxy) is 1. The van der Waals surface area contributed by atoms with E-state index in [9.17, 15) is 9.90 Å². The van der Waals surface area contributed by atoms with Gasteiger partial charge in [-0.2, -0.15) is 0 Å². The van der Waals surface area contributed by atoms with Gasteiger partial charge in [-0.15, -0.1) is 0 Å². The van der Waals surface area contributed by atoms with Crippen LogP contribution in [-0.2, 0) is 4.79 Å². The first-order valence-corrected chi connectivity index (χ1v) is 7.63. The van der Waals surface area contributed by atoms with E-state index < -0.39 is 6.10 Å². The quantitative estimate of drug-likeness (QED) is 0.774. The van der Waals surface area contributed by atoms with Crippen LogP contribution in [0.4, 0.5) is 0 Å². The molecule has 0 aliphatic carbocycles. The van der Waals surface area contributed by atoms with E-state index in [1.807, 2.05) is 19.1 Å². The number of hydrogen-bond donors (Lipinski definition) is 2. The van der Waals surface area contributed by atoms with E-state index in [4.69, 9.17) is 4.74 Å². The van der Waals surface area contributed by atoms with Gasteiger partial charge in [-0.3, -0.25) is 4.79 Å². The van der Waals surface area contributed by atoms with Gasteiger partial charge in [0.1, 0.15) is 5.75 Å². The van der Waals surface area contributed by atoms with Crippen molar-refractivity contribution >= 4 is 5.91 Å². The van der Waals surface area contributed by atoms with Crippen molar-refractivity contribution < 1.29 is 14.6 Å². The Morgan fingerprint density at radius 1 is 1.24 bits per heavy atom. The number of methoxy groups -OCH3 is 1. The van der Waals surface area contributed by atoms with Gasteiger partial charge in [-0.05, 0) is 30.5 Å². The van der Waals surface area contributed by atoms with Crippen LogP contribution in [0.3, 0.4) is 0 Å². The monoisotopic (exact) mass is 293 g/mol. The number of carbonyl (C=O) groups is 1. The van der Waals surface area contributed by atoms with Crippen molar-refractivity contribution in [1.82, 2.24) is 5.32 Å². The van der Waals surface area contributed by atoms with E-state index in [0.717, 1.165) is 24.2 Å². The van der Waals surface area contributed by atoms with Gasteiger partial charge in [0.05, 0.1) is 19.3 Å². The van der Waals surface area contributed by atoms with Crippen LogP contribution in [0.15, 0.2) is 24.3 Å². The van der Waals surface area contributed by atoms with E-state index in [1.54, 1.807) is 19.2 Å². The fraction of sp³-hybridized carbons (Fsp3) is 0.588. The third-order valence-corrected chi connectivity index (χ3v) is 3.95. The molecule has 1 amide bonds. The topological polar surface area (TPSA) is 58.6 Å². The average Bonchev–Trinajstić information content (AvgIpc) is 2.51. The Hall–Kier alpha value is -1.55. The largest absolute Gasteiger partial charge is 0.497 e. The summed E-state index contributed by atoms with van der Waals surface area (Å²) < 4.78 is 5.09. The molecule has 21 heavy (non-hydrogen) atoms. The molecule has 1 aromatic rings. The summed E-state index contributed by atoms with van der Waals surface area (Å²) in [5, 5.41) is 13.2. The number of rotatable bonds is 8. The van der Waals surface area contributed by atoms with Gasteiger partial charge in [0.25, 0.3) is 0 Å². The number of amides is 1. The van der Waals surface area contributed by atoms with Crippen molar-refractivity contribution in [1.29, 1.82) is 0 Å². The van der Waals surface area contributed by atoms with Crippen molar-refractivity contribution in [2.24, 2.45) is 5.92 Å². The Morgan fingerprint density at radius 2 is 1.81 bits per heavy atom. The van der Waals surface area contributed by atoms with Crippen LogP contribution in [0, 0.1) is 5.92 Å². The number of benzene rings is 1. The second-order valence-corrected chi connectivity index (χ2v) is 5.46. The van der Waals surface area contributed by atoms with Crippen molar-refractivity contribution in [2.75, 3.05) is 7.11 Å². The van der Waals surface area contributed by atoms with Gasteiger partial charge in [0, 0.05) is 6.42 Å². The fourth-order valence-corrected chi connectivity index (χ4v) is 2.32. The van der Waals surface area contributed by atoms with Gasteiger partial charge < -0.3 is 15.2 Å². The molecule has 0 aromatic heterocycles. The first-order valence-electron chi connectivity index (χ1n) is 7.63. The van der Waals surface area contributed by atoms with E-state index in [-0.39, 0.29) is 11.9 Å². The third kappa shape index (κ3) is 5.38. The molecule has 0 heterocycles. The Morgan fingerprint density at radius 3 is 2.29 bits per heavy atom. The molecule has 2 unspecified atom stereocenters. The lowest BCUT2D eigenvalue weighted by Crippen LogP contribution is -2.37. The Labute approximate surface area is 127 Å². The number of carbonyl (C=O) groups excluding carboxylic acids is 1. The van der Waals surface area contributed by atoms with Crippen molar-refractivity contribution in [2.45, 2.75) is 52.2 Å². The molecule has 0 bridgehead atoms. The van der Waals surface area contributed by atoms with Crippen LogP contribution in [0.5, 0.6) is 5.75 Å². The highest BCUT2D eigenvalue weighted by Crippen LogP contribution is 2.20. The molecular formula is C17H27NO3. The second kappa shape index (κ2) is 8.67. The van der Waals surface area contributed by atoms with Crippen molar-refractivity contribution in [3.05, 3.63) is 29.8 Å². The first kappa shape index (κ1) is 17.5. The Balaban J connectivity index is 2.56. The molecular weight excluding hydrogens is 266 g/mol. The van der Waals surface area contributed by atoms with Crippen molar-refractivity contribution in [3.8, 4) is 5.75 Å². The summed E-state index contributed by atoms with van der Waals surface area (Å²) in [6.45, 7) is 6.01. The van der Waals surface area contributed by atoms with Crippen LogP contribution in [0.1, 0.15) is 51.7 Å². The van der Waals surface area contributed by atoms with E-state index in [0.29, 0.717) is 12.3 Å². The molecule has 2 atom stereocenters. The summed E-state index contributed by atoms with van der Waals surface area (Å²) in [7, 11) is 1.60. The highest BCUT2D eigenvalue weighted by atomic mass is 16.5. The maximum atomic E-state index is 12.0. The summed E-state index contributed by atoms with van der Waals surface area (Å²) in [4.78, 5) is 12.0. The van der Waals surface area contributed by atoms with Crippen LogP contribution >= 0.6 is 0 Å². The average molecular weight is 293 g/mol. The van der Waals surface area contributed by atoms with Crippen LogP contribution in [-0.4, -0.2) is 24.2 Å². The standard InChI is InChI=1S/C17H27NO3/c1-5-13(6-2)11-16(19)18-12(3)17(20)14-7-9-15(21-4)10-8-14/h7-10,12-13,17,20H,5-6,11H2,1-4H3,(H,18,19). The zero-order valence-corrected chi connectivity index (χ0v) is 13.4. The van der Waals surface area contributed by atoms with E-state index in [2.05, 4.69) is 19.2 Å². The summed E-state index contributed by atoms with van der Waals surface area (Å²) >= 11 is 0. The molecule has 1 rings (SSSR count). The maximum Gasteiger partial charge on any atom is 0.220 e. The molecule has 2 N–H and O–H groups in total. The molecule has 0 radical (unpaired) electrons. The number of hydrogen-bond acceptors (Lipinski definition) is 3. The SMILES string of the molecule is CCC(CC)CC(=O)NC(C)C(O)c1ccc(OC)cc1. The molecule has 118 valence electrons. The molecule has 4 nitrogen and oxygen atoms in total. The van der Waals surface area contributed by atoms with Gasteiger partial charge in [-0.1, -0.05) is 38.8 Å². The smallest absolute Gasteiger partial charge is 0.220 e. The molecule has 0 aliphatic heterocycles. The zero-order chi connectivity index (χ0) is 15.8. The number of aliphatic hydroxyl groups is 1. The number of aliphatic hydroxyl groups excluding tert-OH is 1. The molecule has 1 aromatic carbocycles. The lowest BCUT2D eigenvalue weighted by molar-refractivity contribution is -0.123. The normalized spacial score (nSPS) is 13.8. The van der Waals surface area contributed by atoms with Gasteiger partial charge in [0.15, 0.2) is 0 Å². The highest BCUT2D eigenvalue weighted by molar-refractivity contribution is 5.76. The maximum absolute atomic E-state index is 12.0. The van der Waals surface area contributed by atoms with Crippen LogP contribution in [0.25, 0.3) is 0 Å². The number of nitrogens with one attached hydrogen (secondary N) is 1. The summed E-state index contributed by atoms with van der Waals surface area (Å²) in [5.74, 6) is 1.16. The lowest BCUT2D eigenvalue weighted by atomic mass is 9.98. The van der Waals surface area contributed by atoms with Crippen LogP contribution < -0.4 is 10.1 Å².